The Hall–Kier alpha value is -1.99. The van der Waals surface area contributed by atoms with Crippen LogP contribution in [0.1, 0.15) is 29.8 Å². The molecule has 7 heteroatoms. The number of hydrogen-bond donors (Lipinski definition) is 1. The van der Waals surface area contributed by atoms with Gasteiger partial charge in [0.15, 0.2) is 0 Å². The summed E-state index contributed by atoms with van der Waals surface area (Å²) < 4.78 is 10.9. The van der Waals surface area contributed by atoms with Gasteiger partial charge in [0, 0.05) is 38.9 Å². The highest BCUT2D eigenvalue weighted by atomic mass is 16.5. The van der Waals surface area contributed by atoms with Crippen molar-refractivity contribution in [2.24, 2.45) is 5.92 Å². The minimum Gasteiger partial charge on any atom is -0.379 e. The number of nitrogens with zero attached hydrogens (tertiary/aromatic N) is 2. The Balaban J connectivity index is 1.50. The van der Waals surface area contributed by atoms with Crippen LogP contribution < -0.4 is 5.32 Å². The summed E-state index contributed by atoms with van der Waals surface area (Å²) >= 11 is 0. The van der Waals surface area contributed by atoms with Crippen molar-refractivity contribution in [3.63, 3.8) is 0 Å². The lowest BCUT2D eigenvalue weighted by Gasteiger charge is -2.34. The zero-order valence-corrected chi connectivity index (χ0v) is 14.5. The summed E-state index contributed by atoms with van der Waals surface area (Å²) in [5, 5.41) is 3.06. The number of ether oxygens (including phenoxy) is 2. The fourth-order valence-electron chi connectivity index (χ4n) is 3.43. The molecule has 0 aromatic carbocycles. The molecule has 0 unspecified atom stereocenters. The molecule has 0 bridgehead atoms. The van der Waals surface area contributed by atoms with Gasteiger partial charge in [0.05, 0.1) is 18.8 Å². The second kappa shape index (κ2) is 8.40. The van der Waals surface area contributed by atoms with E-state index in [1.54, 1.807) is 36.4 Å². The number of likely N-dealkylation sites (tertiary alicyclic amines) is 1. The van der Waals surface area contributed by atoms with Crippen molar-refractivity contribution in [1.82, 2.24) is 15.2 Å². The van der Waals surface area contributed by atoms with Gasteiger partial charge in [-0.25, -0.2) is 0 Å². The van der Waals surface area contributed by atoms with Gasteiger partial charge in [-0.1, -0.05) is 6.07 Å². The summed E-state index contributed by atoms with van der Waals surface area (Å²) in [6, 6.07) is 5.21. The van der Waals surface area contributed by atoms with E-state index in [4.69, 9.17) is 9.47 Å². The fourth-order valence-corrected chi connectivity index (χ4v) is 3.43. The number of nitrogens with one attached hydrogen (secondary N) is 1. The molecule has 1 aromatic heterocycles. The molecule has 2 saturated heterocycles. The Morgan fingerprint density at radius 1 is 1.28 bits per heavy atom. The number of methoxy groups -OCH3 is 1. The first-order valence-electron chi connectivity index (χ1n) is 8.80. The number of aromatic nitrogens is 1. The molecule has 0 aliphatic carbocycles. The number of carbonyl (C=O) groups excluding carboxylic acids is 2. The lowest BCUT2D eigenvalue weighted by molar-refractivity contribution is -0.130. The molecule has 3 rings (SSSR count). The van der Waals surface area contributed by atoms with Crippen molar-refractivity contribution in [3.8, 4) is 0 Å². The third-order valence-corrected chi connectivity index (χ3v) is 4.96. The Morgan fingerprint density at radius 2 is 2.08 bits per heavy atom. The van der Waals surface area contributed by atoms with Crippen molar-refractivity contribution in [3.05, 3.63) is 30.1 Å². The van der Waals surface area contributed by atoms with Gasteiger partial charge < -0.3 is 19.7 Å². The van der Waals surface area contributed by atoms with E-state index in [0.717, 1.165) is 6.42 Å². The predicted molar refractivity (Wildman–Crippen MR) is 91.0 cm³/mol. The standard InChI is InChI=1S/C18H25N3O4/c1-24-16-7-11-25-12-15(16)20-17(22)13-5-9-21(10-6-13)18(23)14-4-2-3-8-19-14/h2-4,8,13,15-16H,5-7,9-12H2,1H3,(H,20,22)/t15-,16-/m1/s1. The molecule has 2 fully saturated rings. The van der Waals surface area contributed by atoms with Gasteiger partial charge in [0.25, 0.3) is 5.91 Å². The maximum absolute atomic E-state index is 12.5. The Labute approximate surface area is 147 Å². The van der Waals surface area contributed by atoms with Gasteiger partial charge in [0.2, 0.25) is 5.91 Å². The van der Waals surface area contributed by atoms with Gasteiger partial charge >= 0.3 is 0 Å². The molecule has 1 N–H and O–H groups in total. The van der Waals surface area contributed by atoms with Crippen LogP contribution in [0.3, 0.4) is 0 Å². The van der Waals surface area contributed by atoms with E-state index < -0.39 is 0 Å². The zero-order chi connectivity index (χ0) is 17.6. The lowest BCUT2D eigenvalue weighted by atomic mass is 9.94. The van der Waals surface area contributed by atoms with E-state index in [2.05, 4.69) is 10.3 Å². The molecule has 1 aromatic rings. The van der Waals surface area contributed by atoms with Crippen LogP contribution >= 0.6 is 0 Å². The number of piperidine rings is 1. The normalized spacial score (nSPS) is 24.8. The van der Waals surface area contributed by atoms with Crippen LogP contribution in [0.2, 0.25) is 0 Å². The van der Waals surface area contributed by atoms with Crippen molar-refractivity contribution < 1.29 is 19.1 Å². The van der Waals surface area contributed by atoms with E-state index in [1.807, 2.05) is 0 Å². The molecule has 7 nitrogen and oxygen atoms in total. The third kappa shape index (κ3) is 4.35. The Morgan fingerprint density at radius 3 is 2.76 bits per heavy atom. The average molecular weight is 347 g/mol. The minimum absolute atomic E-state index is 0.00326. The molecule has 3 heterocycles. The average Bonchev–Trinajstić information content (AvgIpc) is 2.68. The lowest BCUT2D eigenvalue weighted by Crippen LogP contribution is -2.53. The largest absolute Gasteiger partial charge is 0.379 e. The Bertz CT molecular complexity index is 587. The van der Waals surface area contributed by atoms with Gasteiger partial charge in [-0.3, -0.25) is 14.6 Å². The van der Waals surface area contributed by atoms with Gasteiger partial charge in [-0.05, 0) is 31.4 Å². The molecule has 2 atom stereocenters. The van der Waals surface area contributed by atoms with E-state index in [9.17, 15) is 9.59 Å². The number of carbonyl (C=O) groups is 2. The Kier molecular flexibility index (Phi) is 5.99. The molecular weight excluding hydrogens is 322 g/mol. The number of pyridine rings is 1. The van der Waals surface area contributed by atoms with Gasteiger partial charge in [0.1, 0.15) is 5.69 Å². The molecule has 0 saturated carbocycles. The molecule has 2 amide bonds. The van der Waals surface area contributed by atoms with Crippen LogP contribution in [0.4, 0.5) is 0 Å². The highest BCUT2D eigenvalue weighted by Gasteiger charge is 2.32. The SMILES string of the molecule is CO[C@@H]1CCOC[C@H]1NC(=O)C1CCN(C(=O)c2ccccn2)CC1. The highest BCUT2D eigenvalue weighted by molar-refractivity contribution is 5.92. The summed E-state index contributed by atoms with van der Waals surface area (Å²) in [4.78, 5) is 30.8. The summed E-state index contributed by atoms with van der Waals surface area (Å²) in [5.41, 5.74) is 0.452. The van der Waals surface area contributed by atoms with E-state index in [0.29, 0.717) is 44.8 Å². The molecule has 0 spiro atoms. The summed E-state index contributed by atoms with van der Waals surface area (Å²) in [6.45, 7) is 2.30. The predicted octanol–water partition coefficient (Wildman–Crippen LogP) is 0.854. The number of hydrogen-bond acceptors (Lipinski definition) is 5. The van der Waals surface area contributed by atoms with Crippen LogP contribution in [-0.4, -0.2) is 67.3 Å². The maximum atomic E-state index is 12.5. The van der Waals surface area contributed by atoms with Crippen molar-refractivity contribution in [1.29, 1.82) is 0 Å². The van der Waals surface area contributed by atoms with Crippen molar-refractivity contribution in [2.75, 3.05) is 33.4 Å². The number of rotatable bonds is 4. The molecule has 136 valence electrons. The summed E-state index contributed by atoms with van der Waals surface area (Å²) in [7, 11) is 1.66. The first-order valence-corrected chi connectivity index (χ1v) is 8.80. The van der Waals surface area contributed by atoms with Crippen molar-refractivity contribution >= 4 is 11.8 Å². The van der Waals surface area contributed by atoms with E-state index in [1.165, 1.54) is 0 Å². The highest BCUT2D eigenvalue weighted by Crippen LogP contribution is 2.20. The van der Waals surface area contributed by atoms with Gasteiger partial charge in [-0.15, -0.1) is 0 Å². The third-order valence-electron chi connectivity index (χ3n) is 4.96. The zero-order valence-electron chi connectivity index (χ0n) is 14.5. The first kappa shape index (κ1) is 17.8. The monoisotopic (exact) mass is 347 g/mol. The quantitative estimate of drug-likeness (QED) is 0.873. The van der Waals surface area contributed by atoms with E-state index >= 15 is 0 Å². The second-order valence-electron chi connectivity index (χ2n) is 6.53. The van der Waals surface area contributed by atoms with Crippen LogP contribution in [0.5, 0.6) is 0 Å². The maximum Gasteiger partial charge on any atom is 0.272 e. The fraction of sp³-hybridized carbons (Fsp3) is 0.611. The van der Waals surface area contributed by atoms with Gasteiger partial charge in [-0.2, -0.15) is 0 Å². The second-order valence-corrected chi connectivity index (χ2v) is 6.53. The number of amides is 2. The molecule has 0 radical (unpaired) electrons. The molecular formula is C18H25N3O4. The van der Waals surface area contributed by atoms with E-state index in [-0.39, 0.29) is 29.9 Å². The summed E-state index contributed by atoms with van der Waals surface area (Å²) in [6.07, 6.45) is 3.74. The van der Waals surface area contributed by atoms with Crippen LogP contribution in [0.25, 0.3) is 0 Å². The van der Waals surface area contributed by atoms with Crippen LogP contribution in [-0.2, 0) is 14.3 Å². The molecule has 25 heavy (non-hydrogen) atoms. The first-order chi connectivity index (χ1) is 12.2. The smallest absolute Gasteiger partial charge is 0.272 e. The van der Waals surface area contributed by atoms with Crippen molar-refractivity contribution in [2.45, 2.75) is 31.4 Å². The van der Waals surface area contributed by atoms with Crippen LogP contribution in [0.15, 0.2) is 24.4 Å². The molecule has 2 aliphatic rings. The summed E-state index contributed by atoms with van der Waals surface area (Å²) in [5.74, 6) is -0.116. The van der Waals surface area contributed by atoms with Crippen LogP contribution in [0, 0.1) is 5.92 Å². The minimum atomic E-state index is -0.0977. The molecule has 2 aliphatic heterocycles. The topological polar surface area (TPSA) is 80.8 Å².